The maximum Gasteiger partial charge on any atom is 0.350 e. The average Bonchev–Trinajstić information content (AvgIpc) is 2.78. The van der Waals surface area contributed by atoms with Gasteiger partial charge in [0.1, 0.15) is 4.88 Å². The number of halogens is 2. The third kappa shape index (κ3) is 3.55. The molecule has 0 bridgehead atoms. The quantitative estimate of drug-likeness (QED) is 0.816. The van der Waals surface area contributed by atoms with Crippen LogP contribution in [0.5, 0.6) is 0 Å². The number of rotatable bonds is 4. The minimum Gasteiger partial charge on any atom is -0.465 e. The summed E-state index contributed by atoms with van der Waals surface area (Å²) in [5.74, 6) is -0.611. The molecule has 0 atom stereocenters. The normalized spacial score (nSPS) is 11.3. The summed E-state index contributed by atoms with van der Waals surface area (Å²) in [4.78, 5) is 11.8. The first kappa shape index (κ1) is 17.1. The monoisotopic (exact) mass is 379 g/mol. The fourth-order valence-corrected chi connectivity index (χ4v) is 4.55. The Bertz CT molecular complexity index is 810. The summed E-state index contributed by atoms with van der Waals surface area (Å²) in [6, 6.07) is 3.97. The zero-order valence-electron chi connectivity index (χ0n) is 11.5. The van der Waals surface area contributed by atoms with E-state index in [1.54, 1.807) is 12.3 Å². The Hall–Kier alpha value is -1.28. The van der Waals surface area contributed by atoms with E-state index in [2.05, 4.69) is 9.46 Å². The van der Waals surface area contributed by atoms with E-state index in [-0.39, 0.29) is 25.5 Å². The molecular formula is C13H11Cl2NO4S2. The highest BCUT2D eigenvalue weighted by molar-refractivity contribution is 7.92. The van der Waals surface area contributed by atoms with E-state index in [1.165, 1.54) is 25.3 Å². The summed E-state index contributed by atoms with van der Waals surface area (Å²) in [7, 11) is -2.71. The molecule has 0 radical (unpaired) electrons. The third-order valence-corrected chi connectivity index (χ3v) is 5.57. The number of benzene rings is 1. The van der Waals surface area contributed by atoms with Gasteiger partial charge in [-0.3, -0.25) is 4.72 Å². The molecule has 2 rings (SSSR count). The van der Waals surface area contributed by atoms with Gasteiger partial charge in [0.15, 0.2) is 0 Å². The van der Waals surface area contributed by atoms with Crippen LogP contribution in [-0.4, -0.2) is 21.5 Å². The van der Waals surface area contributed by atoms with E-state index < -0.39 is 16.0 Å². The lowest BCUT2D eigenvalue weighted by Gasteiger charge is -2.10. The Labute approximate surface area is 141 Å². The predicted octanol–water partition coefficient (Wildman–Crippen LogP) is 3.95. The largest absolute Gasteiger partial charge is 0.465 e. The SMILES string of the molecule is COC(=O)c1scc(C)c1NS(=O)(=O)c1cc(Cl)cc(Cl)c1. The van der Waals surface area contributed by atoms with Crippen molar-refractivity contribution in [1.82, 2.24) is 0 Å². The number of methoxy groups -OCH3 is 1. The second-order valence-electron chi connectivity index (χ2n) is 4.33. The van der Waals surface area contributed by atoms with Gasteiger partial charge in [0.05, 0.1) is 17.7 Å². The number of nitrogens with one attached hydrogen (secondary N) is 1. The molecule has 0 saturated carbocycles. The Morgan fingerprint density at radius 3 is 2.36 bits per heavy atom. The molecule has 0 fully saturated rings. The number of carbonyl (C=O) groups is 1. The third-order valence-electron chi connectivity index (χ3n) is 2.73. The van der Waals surface area contributed by atoms with E-state index in [1.807, 2.05) is 0 Å². The minimum absolute atomic E-state index is 0.0913. The Kier molecular flexibility index (Phi) is 5.01. The number of esters is 1. The molecule has 9 heteroatoms. The number of hydrogen-bond acceptors (Lipinski definition) is 5. The van der Waals surface area contributed by atoms with Crippen molar-refractivity contribution in [3.05, 3.63) is 44.1 Å². The smallest absolute Gasteiger partial charge is 0.350 e. The van der Waals surface area contributed by atoms with Crippen LogP contribution in [0.2, 0.25) is 10.0 Å². The van der Waals surface area contributed by atoms with Crippen LogP contribution in [-0.2, 0) is 14.8 Å². The van der Waals surface area contributed by atoms with Crippen LogP contribution < -0.4 is 4.72 Å². The molecule has 1 aromatic carbocycles. The molecule has 0 unspecified atom stereocenters. The highest BCUT2D eigenvalue weighted by Crippen LogP contribution is 2.31. The number of carbonyl (C=O) groups excluding carboxylic acids is 1. The van der Waals surface area contributed by atoms with Crippen LogP contribution in [0.15, 0.2) is 28.5 Å². The highest BCUT2D eigenvalue weighted by atomic mass is 35.5. The molecule has 2 aromatic rings. The van der Waals surface area contributed by atoms with Crippen molar-refractivity contribution in [2.45, 2.75) is 11.8 Å². The molecule has 1 aromatic heterocycles. The molecule has 5 nitrogen and oxygen atoms in total. The van der Waals surface area contributed by atoms with Gasteiger partial charge < -0.3 is 4.74 Å². The fraction of sp³-hybridized carbons (Fsp3) is 0.154. The van der Waals surface area contributed by atoms with Crippen LogP contribution >= 0.6 is 34.5 Å². The first-order valence-electron chi connectivity index (χ1n) is 5.90. The van der Waals surface area contributed by atoms with E-state index in [9.17, 15) is 13.2 Å². The van der Waals surface area contributed by atoms with Gasteiger partial charge >= 0.3 is 5.97 Å². The van der Waals surface area contributed by atoms with Crippen LogP contribution in [0.1, 0.15) is 15.2 Å². The highest BCUT2D eigenvalue weighted by Gasteiger charge is 2.23. The lowest BCUT2D eigenvalue weighted by atomic mass is 10.3. The van der Waals surface area contributed by atoms with Crippen LogP contribution in [0.25, 0.3) is 0 Å². The number of thiophene rings is 1. The van der Waals surface area contributed by atoms with Gasteiger partial charge in [0.2, 0.25) is 0 Å². The molecule has 0 amide bonds. The molecule has 0 aliphatic heterocycles. The van der Waals surface area contributed by atoms with E-state index in [0.717, 1.165) is 11.3 Å². The van der Waals surface area contributed by atoms with Crippen LogP contribution in [0.4, 0.5) is 5.69 Å². The lowest BCUT2D eigenvalue weighted by molar-refractivity contribution is 0.0607. The van der Waals surface area contributed by atoms with Gasteiger partial charge in [0, 0.05) is 10.0 Å². The van der Waals surface area contributed by atoms with Crippen LogP contribution in [0.3, 0.4) is 0 Å². The Morgan fingerprint density at radius 2 is 1.82 bits per heavy atom. The summed E-state index contributed by atoms with van der Waals surface area (Å²) in [6.07, 6.45) is 0. The maximum absolute atomic E-state index is 12.4. The van der Waals surface area contributed by atoms with E-state index in [0.29, 0.717) is 5.56 Å². The van der Waals surface area contributed by atoms with Gasteiger partial charge in [-0.15, -0.1) is 11.3 Å². The molecule has 0 spiro atoms. The fourth-order valence-electron chi connectivity index (χ4n) is 1.69. The van der Waals surface area contributed by atoms with Crippen molar-refractivity contribution < 1.29 is 17.9 Å². The second-order valence-corrected chi connectivity index (χ2v) is 7.76. The van der Waals surface area contributed by atoms with Crippen molar-refractivity contribution in [2.75, 3.05) is 11.8 Å². The molecule has 1 N–H and O–H groups in total. The van der Waals surface area contributed by atoms with Crippen molar-refractivity contribution in [1.29, 1.82) is 0 Å². The molecular weight excluding hydrogens is 369 g/mol. The Morgan fingerprint density at radius 1 is 1.23 bits per heavy atom. The van der Waals surface area contributed by atoms with Gasteiger partial charge in [-0.1, -0.05) is 23.2 Å². The topological polar surface area (TPSA) is 72.5 Å². The predicted molar refractivity (Wildman–Crippen MR) is 87.7 cm³/mol. The first-order chi connectivity index (χ1) is 10.2. The number of hydrogen-bond donors (Lipinski definition) is 1. The van der Waals surface area contributed by atoms with Gasteiger partial charge in [0.25, 0.3) is 10.0 Å². The maximum atomic E-state index is 12.4. The van der Waals surface area contributed by atoms with Gasteiger partial charge in [-0.05, 0) is 36.1 Å². The zero-order valence-corrected chi connectivity index (χ0v) is 14.7. The van der Waals surface area contributed by atoms with Crippen LogP contribution in [0, 0.1) is 6.92 Å². The zero-order chi connectivity index (χ0) is 16.5. The number of aryl methyl sites for hydroxylation is 1. The summed E-state index contributed by atoms with van der Waals surface area (Å²) in [5.41, 5.74) is 0.801. The van der Waals surface area contributed by atoms with Crippen molar-refractivity contribution in [3.63, 3.8) is 0 Å². The van der Waals surface area contributed by atoms with E-state index in [4.69, 9.17) is 23.2 Å². The summed E-state index contributed by atoms with van der Waals surface area (Å²) < 4.78 is 31.9. The second kappa shape index (κ2) is 6.45. The average molecular weight is 380 g/mol. The summed E-state index contributed by atoms with van der Waals surface area (Å²) in [6.45, 7) is 1.69. The number of sulfonamides is 1. The molecule has 0 aliphatic carbocycles. The molecule has 0 saturated heterocycles. The number of anilines is 1. The minimum atomic E-state index is -3.93. The molecule has 22 heavy (non-hydrogen) atoms. The van der Waals surface area contributed by atoms with Gasteiger partial charge in [-0.25, -0.2) is 13.2 Å². The number of ether oxygens (including phenoxy) is 1. The van der Waals surface area contributed by atoms with Crippen molar-refractivity contribution >= 4 is 56.2 Å². The standard InChI is InChI=1S/C13H11Cl2NO4S2/c1-7-6-21-12(13(17)20-2)11(7)16-22(18,19)10-4-8(14)3-9(15)5-10/h3-6,16H,1-2H3. The summed E-state index contributed by atoms with van der Waals surface area (Å²) in [5, 5.41) is 2.06. The van der Waals surface area contributed by atoms with Gasteiger partial charge in [-0.2, -0.15) is 0 Å². The molecule has 1 heterocycles. The Balaban J connectivity index is 2.45. The van der Waals surface area contributed by atoms with Crippen molar-refractivity contribution in [3.8, 4) is 0 Å². The molecule has 0 aliphatic rings. The molecule has 118 valence electrons. The first-order valence-corrected chi connectivity index (χ1v) is 9.02. The van der Waals surface area contributed by atoms with Crippen molar-refractivity contribution in [2.24, 2.45) is 0 Å². The van der Waals surface area contributed by atoms with E-state index >= 15 is 0 Å². The summed E-state index contributed by atoms with van der Waals surface area (Å²) >= 11 is 12.7. The lowest BCUT2D eigenvalue weighted by Crippen LogP contribution is -2.15.